The molecule has 0 N–H and O–H groups in total. The SMILES string of the molecule is Cc1cc(-c2cc(C)c([Si](C)(C)C)s2)sc1[Si](C)(C)C. The predicted molar refractivity (Wildman–Crippen MR) is 103 cm³/mol. The average Bonchev–Trinajstić information content (AvgIpc) is 2.79. The first-order valence-corrected chi connectivity index (χ1v) is 15.9. The van der Waals surface area contributed by atoms with Crippen molar-refractivity contribution in [3.63, 3.8) is 0 Å². The monoisotopic (exact) mass is 338 g/mol. The second kappa shape index (κ2) is 5.23. The Morgan fingerprint density at radius 3 is 1.15 bits per heavy atom. The van der Waals surface area contributed by atoms with E-state index in [1.807, 2.05) is 22.7 Å². The standard InChI is InChI=1S/C16H26S2Si2/c1-11-9-13(17-15(11)19(3,4)5)14-10-12(2)16(18-14)20(6,7)8/h9-10H,1-8H3. The molecule has 0 aliphatic heterocycles. The Morgan fingerprint density at radius 1 is 0.650 bits per heavy atom. The van der Waals surface area contributed by atoms with Gasteiger partial charge in [0.25, 0.3) is 0 Å². The fraction of sp³-hybridized carbons (Fsp3) is 0.500. The molecule has 0 spiro atoms. The molecule has 0 saturated heterocycles. The summed E-state index contributed by atoms with van der Waals surface area (Å²) in [6.45, 7) is 19.3. The number of thiophene rings is 2. The fourth-order valence-electron chi connectivity index (χ4n) is 2.70. The summed E-state index contributed by atoms with van der Waals surface area (Å²) in [6.07, 6.45) is 0. The van der Waals surface area contributed by atoms with Crippen LogP contribution in [0, 0.1) is 13.8 Å². The number of rotatable bonds is 3. The van der Waals surface area contributed by atoms with Gasteiger partial charge in [0, 0.05) is 9.75 Å². The Balaban J connectivity index is 2.49. The molecule has 2 rings (SSSR count). The average molecular weight is 339 g/mol. The number of aryl methyl sites for hydroxylation is 2. The first-order valence-electron chi connectivity index (χ1n) is 7.22. The van der Waals surface area contributed by atoms with Gasteiger partial charge < -0.3 is 0 Å². The van der Waals surface area contributed by atoms with Crippen LogP contribution in [0.4, 0.5) is 0 Å². The van der Waals surface area contributed by atoms with Crippen molar-refractivity contribution in [2.24, 2.45) is 0 Å². The summed E-state index contributed by atoms with van der Waals surface area (Å²) in [5.74, 6) is 0. The minimum absolute atomic E-state index is 1.20. The molecule has 0 nitrogen and oxygen atoms in total. The summed E-state index contributed by atoms with van der Waals surface area (Å²) >= 11 is 4.08. The van der Waals surface area contributed by atoms with Crippen molar-refractivity contribution in [2.45, 2.75) is 53.1 Å². The highest BCUT2D eigenvalue weighted by atomic mass is 32.1. The summed E-state index contributed by atoms with van der Waals surface area (Å²) in [5.41, 5.74) is 3.01. The van der Waals surface area contributed by atoms with E-state index in [1.165, 1.54) is 20.9 Å². The van der Waals surface area contributed by atoms with Crippen LogP contribution in [0.5, 0.6) is 0 Å². The molecule has 2 aromatic rings. The molecule has 0 radical (unpaired) electrons. The van der Waals surface area contributed by atoms with E-state index in [9.17, 15) is 0 Å². The largest absolute Gasteiger partial charge is 0.144 e. The van der Waals surface area contributed by atoms with Crippen LogP contribution in [0.2, 0.25) is 39.3 Å². The third kappa shape index (κ3) is 3.18. The molecule has 0 bridgehead atoms. The van der Waals surface area contributed by atoms with E-state index < -0.39 is 16.1 Å². The maximum Gasteiger partial charge on any atom is 0.0907 e. The maximum atomic E-state index is 2.45. The van der Waals surface area contributed by atoms with Gasteiger partial charge >= 0.3 is 0 Å². The van der Waals surface area contributed by atoms with Gasteiger partial charge in [-0.3, -0.25) is 0 Å². The highest BCUT2D eigenvalue weighted by molar-refractivity contribution is 7.34. The minimum atomic E-state index is -1.20. The molecule has 0 aliphatic rings. The van der Waals surface area contributed by atoms with Crippen molar-refractivity contribution in [3.8, 4) is 9.75 Å². The molecule has 20 heavy (non-hydrogen) atoms. The lowest BCUT2D eigenvalue weighted by atomic mass is 10.3. The van der Waals surface area contributed by atoms with Crippen LogP contribution in [0.1, 0.15) is 11.1 Å². The zero-order valence-corrected chi connectivity index (χ0v) is 17.6. The third-order valence-corrected chi connectivity index (χ3v) is 13.5. The first-order chi connectivity index (χ1) is 9.00. The Kier molecular flexibility index (Phi) is 4.24. The van der Waals surface area contributed by atoms with E-state index in [2.05, 4.69) is 65.3 Å². The summed E-state index contributed by atoms with van der Waals surface area (Å²) in [7, 11) is -2.40. The van der Waals surface area contributed by atoms with Gasteiger partial charge in [-0.25, -0.2) is 0 Å². The van der Waals surface area contributed by atoms with Crippen molar-refractivity contribution >= 4 is 47.8 Å². The van der Waals surface area contributed by atoms with E-state index in [0.29, 0.717) is 0 Å². The Bertz CT molecular complexity index is 566. The van der Waals surface area contributed by atoms with Crippen molar-refractivity contribution in [1.29, 1.82) is 0 Å². The van der Waals surface area contributed by atoms with Crippen LogP contribution in [0.3, 0.4) is 0 Å². The summed E-state index contributed by atoms with van der Waals surface area (Å²) in [5, 5.41) is 0. The van der Waals surface area contributed by atoms with Gasteiger partial charge in [0.15, 0.2) is 0 Å². The molecule has 0 aliphatic carbocycles. The Hall–Kier alpha value is -0.166. The van der Waals surface area contributed by atoms with Gasteiger partial charge in [-0.05, 0) is 46.1 Å². The van der Waals surface area contributed by atoms with E-state index in [-0.39, 0.29) is 0 Å². The van der Waals surface area contributed by atoms with Crippen molar-refractivity contribution in [1.82, 2.24) is 0 Å². The molecule has 2 heterocycles. The third-order valence-electron chi connectivity index (χ3n) is 3.44. The topological polar surface area (TPSA) is 0 Å². The zero-order chi connectivity index (χ0) is 15.3. The smallest absolute Gasteiger partial charge is 0.0907 e. The number of hydrogen-bond acceptors (Lipinski definition) is 2. The predicted octanol–water partition coefficient (Wildman–Crippen LogP) is 5.18. The van der Waals surface area contributed by atoms with Gasteiger partial charge in [0.2, 0.25) is 0 Å². The Morgan fingerprint density at radius 2 is 0.950 bits per heavy atom. The highest BCUT2D eigenvalue weighted by Gasteiger charge is 2.25. The molecule has 0 unspecified atom stereocenters. The fourth-order valence-corrected chi connectivity index (χ4v) is 10.2. The molecule has 4 heteroatoms. The lowest BCUT2D eigenvalue weighted by molar-refractivity contribution is 1.55. The van der Waals surface area contributed by atoms with E-state index in [0.717, 1.165) is 0 Å². The van der Waals surface area contributed by atoms with Crippen LogP contribution in [-0.4, -0.2) is 16.1 Å². The van der Waals surface area contributed by atoms with E-state index in [1.54, 1.807) is 9.00 Å². The normalized spacial score (nSPS) is 13.0. The summed E-state index contributed by atoms with van der Waals surface area (Å²) < 4.78 is 3.32. The highest BCUT2D eigenvalue weighted by Crippen LogP contribution is 2.33. The second-order valence-corrected chi connectivity index (χ2v) is 20.6. The Labute approximate surface area is 133 Å². The van der Waals surface area contributed by atoms with Gasteiger partial charge in [-0.15, -0.1) is 22.7 Å². The van der Waals surface area contributed by atoms with E-state index >= 15 is 0 Å². The molecule has 0 aromatic carbocycles. The molecule has 0 amide bonds. The van der Waals surface area contributed by atoms with Crippen LogP contribution >= 0.6 is 22.7 Å². The molecular weight excluding hydrogens is 312 g/mol. The quantitative estimate of drug-likeness (QED) is 0.676. The molecule has 110 valence electrons. The van der Waals surface area contributed by atoms with Crippen LogP contribution in [0.15, 0.2) is 12.1 Å². The molecule has 0 atom stereocenters. The first kappa shape index (κ1) is 16.2. The summed E-state index contributed by atoms with van der Waals surface area (Å²) in [4.78, 5) is 2.97. The lowest BCUT2D eigenvalue weighted by Gasteiger charge is -2.14. The van der Waals surface area contributed by atoms with Crippen LogP contribution in [-0.2, 0) is 0 Å². The van der Waals surface area contributed by atoms with Gasteiger partial charge in [0.1, 0.15) is 0 Å². The van der Waals surface area contributed by atoms with Crippen molar-refractivity contribution in [3.05, 3.63) is 23.3 Å². The van der Waals surface area contributed by atoms with Crippen LogP contribution < -0.4 is 9.00 Å². The minimum Gasteiger partial charge on any atom is -0.144 e. The van der Waals surface area contributed by atoms with Gasteiger partial charge in [0.05, 0.1) is 16.1 Å². The molecule has 2 aromatic heterocycles. The van der Waals surface area contributed by atoms with Gasteiger partial charge in [-0.2, -0.15) is 0 Å². The second-order valence-electron chi connectivity index (χ2n) is 7.75. The zero-order valence-electron chi connectivity index (χ0n) is 14.0. The van der Waals surface area contributed by atoms with Crippen LogP contribution in [0.25, 0.3) is 9.75 Å². The molecule has 0 saturated carbocycles. The van der Waals surface area contributed by atoms with E-state index in [4.69, 9.17) is 0 Å². The maximum absolute atomic E-state index is 2.45. The van der Waals surface area contributed by atoms with Crippen molar-refractivity contribution < 1.29 is 0 Å². The van der Waals surface area contributed by atoms with Crippen molar-refractivity contribution in [2.75, 3.05) is 0 Å². The molecule has 0 fully saturated rings. The molecular formula is C16H26S2Si2. The lowest BCUT2D eigenvalue weighted by Crippen LogP contribution is -2.36. The number of hydrogen-bond donors (Lipinski definition) is 0. The van der Waals surface area contributed by atoms with Gasteiger partial charge in [-0.1, -0.05) is 39.3 Å². The summed E-state index contributed by atoms with van der Waals surface area (Å²) in [6, 6.07) is 4.83.